The van der Waals surface area contributed by atoms with Crippen LogP contribution in [0, 0.1) is 5.92 Å². The maximum absolute atomic E-state index is 12.2. The number of aliphatic hydroxyl groups is 1. The van der Waals surface area contributed by atoms with Gasteiger partial charge < -0.3 is 30.5 Å². The first-order valence-corrected chi connectivity index (χ1v) is 7.90. The van der Waals surface area contributed by atoms with Crippen LogP contribution in [0.15, 0.2) is 30.0 Å². The summed E-state index contributed by atoms with van der Waals surface area (Å²) < 4.78 is 0. The van der Waals surface area contributed by atoms with Gasteiger partial charge in [-0.05, 0) is 36.6 Å². The van der Waals surface area contributed by atoms with Crippen LogP contribution in [0.25, 0.3) is 5.57 Å². The second kappa shape index (κ2) is 7.79. The summed E-state index contributed by atoms with van der Waals surface area (Å²) in [6.07, 6.45) is -0.536. The zero-order chi connectivity index (χ0) is 18.3. The van der Waals surface area contributed by atoms with Gasteiger partial charge in [0, 0.05) is 12.7 Å². The van der Waals surface area contributed by atoms with E-state index in [0.717, 1.165) is 0 Å². The molecule has 0 spiro atoms. The largest absolute Gasteiger partial charge is 1.00 e. The maximum Gasteiger partial charge on any atom is 1.00 e. The van der Waals surface area contributed by atoms with Crippen LogP contribution in [0.5, 0.6) is 0 Å². The van der Waals surface area contributed by atoms with Crippen molar-refractivity contribution in [1.82, 2.24) is 10.2 Å². The number of fused-ring (bicyclic) bond motifs is 1. The number of nitrogens with one attached hydrogen (secondary N) is 2. The van der Waals surface area contributed by atoms with Gasteiger partial charge in [-0.25, -0.2) is 4.79 Å². The van der Waals surface area contributed by atoms with Crippen LogP contribution in [-0.4, -0.2) is 47.1 Å². The molecular weight excluding hydrogens is 349 g/mol. The summed E-state index contributed by atoms with van der Waals surface area (Å²) in [6, 6.07) is 5.93. The van der Waals surface area contributed by atoms with Crippen LogP contribution in [0.2, 0.25) is 0 Å². The predicted molar refractivity (Wildman–Crippen MR) is 86.9 cm³/mol. The number of nitrogens with zero attached hydrogens (tertiary/aromatic N) is 1. The third-order valence-corrected chi connectivity index (χ3v) is 4.62. The van der Waals surface area contributed by atoms with Crippen LogP contribution in [-0.2, 0) is 9.59 Å². The Bertz CT molecular complexity index is 792. The topological polar surface area (TPSA) is 122 Å². The molecule has 26 heavy (non-hydrogen) atoms. The number of carboxylic acid groups (broad SMARTS) is 1. The quantitative estimate of drug-likeness (QED) is 0.377. The van der Waals surface area contributed by atoms with Gasteiger partial charge in [-0.2, -0.15) is 0 Å². The van der Waals surface area contributed by atoms with Crippen molar-refractivity contribution in [3.8, 4) is 0 Å². The minimum absolute atomic E-state index is 0. The molecule has 132 valence electrons. The third-order valence-electron chi connectivity index (χ3n) is 4.62. The number of hydrogen-bond acceptors (Lipinski definition) is 5. The van der Waals surface area contributed by atoms with Gasteiger partial charge in [-0.1, -0.05) is 12.1 Å². The zero-order valence-corrected chi connectivity index (χ0v) is 16.8. The molecule has 8 nitrogen and oxygen atoms in total. The molecule has 0 aromatic heterocycles. The summed E-state index contributed by atoms with van der Waals surface area (Å²) in [5, 5.41) is 26.4. The molecule has 1 aromatic rings. The van der Waals surface area contributed by atoms with E-state index in [1.807, 2.05) is 0 Å². The molecule has 3 amide bonds. The van der Waals surface area contributed by atoms with Gasteiger partial charge in [0.15, 0.2) is 0 Å². The molecule has 3 atom stereocenters. The zero-order valence-electron chi connectivity index (χ0n) is 14.8. The van der Waals surface area contributed by atoms with Crippen molar-refractivity contribution in [1.29, 1.82) is 0 Å². The number of urea groups is 1. The Labute approximate surface area is 172 Å². The fourth-order valence-corrected chi connectivity index (χ4v) is 3.49. The normalized spacial score (nSPS) is 22.1. The van der Waals surface area contributed by atoms with Crippen LogP contribution in [0.3, 0.4) is 0 Å². The number of rotatable bonds is 4. The van der Waals surface area contributed by atoms with E-state index in [0.29, 0.717) is 23.2 Å². The molecule has 2 aliphatic heterocycles. The summed E-state index contributed by atoms with van der Waals surface area (Å²) in [4.78, 5) is 36.4. The summed E-state index contributed by atoms with van der Waals surface area (Å²) in [5.74, 6) is -2.45. The van der Waals surface area contributed by atoms with E-state index in [1.54, 1.807) is 24.3 Å². The molecule has 1 fully saturated rings. The molecule has 0 unspecified atom stereocenters. The van der Waals surface area contributed by atoms with E-state index >= 15 is 0 Å². The number of carboxylic acids is 1. The summed E-state index contributed by atoms with van der Waals surface area (Å²) in [7, 11) is 1.49. The minimum atomic E-state index is -1.43. The second-order valence-corrected chi connectivity index (χ2v) is 6.15. The smallest absolute Gasteiger partial charge is 0.543 e. The molecule has 1 saturated heterocycles. The standard InChI is InChI=1S/C17H19N3O5.Na/c1-8(21)13-12-7-11(14(16(23)24)20(12)15(13)22)9-4-3-5-10(6-9)19-17(25)18-2;/h3-6,8,12-13,21H,7H2,1-2H3,(H,23,24)(H2,18,19,25);/q;+1/p-1/t8-,12-,13+;/m1./s1. The number of β-lactam (4-membered cyclic amide) rings is 1. The molecule has 0 radical (unpaired) electrons. The fourth-order valence-electron chi connectivity index (χ4n) is 3.49. The number of aliphatic hydroxyl groups excluding tert-OH is 1. The first-order valence-electron chi connectivity index (χ1n) is 7.90. The van der Waals surface area contributed by atoms with Gasteiger partial charge in [0.1, 0.15) is 0 Å². The maximum atomic E-state index is 12.2. The minimum Gasteiger partial charge on any atom is -0.543 e. The Hall–Kier alpha value is -1.87. The van der Waals surface area contributed by atoms with Crippen molar-refractivity contribution in [2.45, 2.75) is 25.5 Å². The Morgan fingerprint density at radius 1 is 1.38 bits per heavy atom. The number of amides is 3. The van der Waals surface area contributed by atoms with Crippen LogP contribution < -0.4 is 45.3 Å². The number of hydrogen-bond donors (Lipinski definition) is 3. The molecule has 0 aliphatic carbocycles. The Morgan fingerprint density at radius 3 is 2.65 bits per heavy atom. The fraction of sp³-hybridized carbons (Fsp3) is 0.353. The third kappa shape index (κ3) is 3.37. The molecule has 0 saturated carbocycles. The molecule has 2 heterocycles. The van der Waals surface area contributed by atoms with Gasteiger partial charge >= 0.3 is 35.6 Å². The van der Waals surface area contributed by atoms with Gasteiger partial charge in [0.2, 0.25) is 5.91 Å². The first kappa shape index (κ1) is 20.4. The van der Waals surface area contributed by atoms with Crippen molar-refractivity contribution < 1.29 is 54.2 Å². The second-order valence-electron chi connectivity index (χ2n) is 6.15. The average Bonchev–Trinajstić information content (AvgIpc) is 2.89. The van der Waals surface area contributed by atoms with Crippen molar-refractivity contribution in [3.05, 3.63) is 35.5 Å². The molecule has 3 N–H and O–H groups in total. The number of anilines is 1. The predicted octanol–water partition coefficient (Wildman–Crippen LogP) is -3.49. The number of benzene rings is 1. The van der Waals surface area contributed by atoms with Gasteiger partial charge in [-0.3, -0.25) is 4.79 Å². The van der Waals surface area contributed by atoms with Crippen molar-refractivity contribution >= 4 is 29.2 Å². The van der Waals surface area contributed by atoms with Crippen molar-refractivity contribution in [3.63, 3.8) is 0 Å². The first-order chi connectivity index (χ1) is 11.8. The van der Waals surface area contributed by atoms with Crippen LogP contribution in [0.1, 0.15) is 18.9 Å². The summed E-state index contributed by atoms with van der Waals surface area (Å²) in [5.41, 5.74) is 1.38. The molecule has 2 aliphatic rings. The average molecular weight is 367 g/mol. The summed E-state index contributed by atoms with van der Waals surface area (Å²) >= 11 is 0. The Kier molecular flexibility index (Phi) is 6.13. The molecule has 3 rings (SSSR count). The van der Waals surface area contributed by atoms with E-state index in [1.165, 1.54) is 18.9 Å². The van der Waals surface area contributed by atoms with E-state index < -0.39 is 29.9 Å². The van der Waals surface area contributed by atoms with Crippen LogP contribution >= 0.6 is 0 Å². The van der Waals surface area contributed by atoms with E-state index in [2.05, 4.69) is 10.6 Å². The van der Waals surface area contributed by atoms with Gasteiger partial charge in [-0.15, -0.1) is 0 Å². The number of carbonyl (C=O) groups is 3. The Balaban J connectivity index is 0.00000243. The van der Waals surface area contributed by atoms with Crippen molar-refractivity contribution in [2.24, 2.45) is 5.92 Å². The molecule has 9 heteroatoms. The van der Waals surface area contributed by atoms with E-state index in [-0.39, 0.29) is 41.3 Å². The molecular formula is C17H18N3NaO5. The summed E-state index contributed by atoms with van der Waals surface area (Å²) in [6.45, 7) is 1.52. The molecule has 0 bridgehead atoms. The number of aliphatic carboxylic acids is 1. The van der Waals surface area contributed by atoms with Gasteiger partial charge in [0.25, 0.3) is 0 Å². The van der Waals surface area contributed by atoms with Gasteiger partial charge in [0.05, 0.1) is 29.7 Å². The Morgan fingerprint density at radius 2 is 2.08 bits per heavy atom. The number of carbonyl (C=O) groups excluding carboxylic acids is 3. The molecule has 1 aromatic carbocycles. The van der Waals surface area contributed by atoms with E-state index in [9.17, 15) is 24.6 Å². The SMILES string of the molecule is CNC(=O)Nc1cccc(C2=C(C(=O)[O-])N3C(=O)[C@@H]([C@@H](C)O)[C@H]3C2)c1.[Na+]. The monoisotopic (exact) mass is 367 g/mol. The van der Waals surface area contributed by atoms with E-state index in [4.69, 9.17) is 0 Å². The van der Waals surface area contributed by atoms with Crippen molar-refractivity contribution in [2.75, 3.05) is 12.4 Å². The van der Waals surface area contributed by atoms with Crippen LogP contribution in [0.4, 0.5) is 10.5 Å².